The molecule has 5 rings (SSSR count). The summed E-state index contributed by atoms with van der Waals surface area (Å²) in [5.74, 6) is 0.594. The van der Waals surface area contributed by atoms with E-state index >= 15 is 0 Å². The van der Waals surface area contributed by atoms with Gasteiger partial charge in [0.2, 0.25) is 11.8 Å². The predicted octanol–water partition coefficient (Wildman–Crippen LogP) is 1.61. The molecule has 1 fully saturated rings. The van der Waals surface area contributed by atoms with Gasteiger partial charge in [0, 0.05) is 26.2 Å². The van der Waals surface area contributed by atoms with E-state index < -0.39 is 6.04 Å². The molecule has 180 valence electrons. The zero-order chi connectivity index (χ0) is 23.7. The quantitative estimate of drug-likeness (QED) is 0.618. The van der Waals surface area contributed by atoms with Crippen molar-refractivity contribution in [3.8, 4) is 6.01 Å². The number of hydrogen-bond donors (Lipinski definition) is 2. The normalized spacial score (nSPS) is 19.7. The number of rotatable bonds is 6. The van der Waals surface area contributed by atoms with E-state index in [-0.39, 0.29) is 23.6 Å². The largest absolute Gasteiger partial charge is 0.463 e. The first-order chi connectivity index (χ1) is 16.5. The van der Waals surface area contributed by atoms with Gasteiger partial charge in [-0.15, -0.1) is 0 Å². The van der Waals surface area contributed by atoms with Gasteiger partial charge in [-0.2, -0.15) is 9.97 Å². The van der Waals surface area contributed by atoms with Crippen molar-refractivity contribution < 1.29 is 14.3 Å². The Morgan fingerprint density at radius 2 is 1.97 bits per heavy atom. The summed E-state index contributed by atoms with van der Waals surface area (Å²) in [6.45, 7) is 5.97. The van der Waals surface area contributed by atoms with Gasteiger partial charge in [-0.3, -0.25) is 14.5 Å². The van der Waals surface area contributed by atoms with Crippen LogP contribution in [0.15, 0.2) is 24.3 Å². The highest BCUT2D eigenvalue weighted by Crippen LogP contribution is 2.36. The first kappa shape index (κ1) is 22.4. The second kappa shape index (κ2) is 9.46. The number of nitrogens with zero attached hydrogens (tertiary/aromatic N) is 5. The molecule has 0 radical (unpaired) electrons. The maximum absolute atomic E-state index is 13.2. The summed E-state index contributed by atoms with van der Waals surface area (Å²) in [6, 6.07) is 7.97. The maximum atomic E-state index is 13.2. The number of amides is 2. The van der Waals surface area contributed by atoms with Crippen LogP contribution in [0.4, 0.5) is 17.3 Å². The number of nitrogens with one attached hydrogen (secondary N) is 1. The third-order valence-corrected chi connectivity index (χ3v) is 6.66. The van der Waals surface area contributed by atoms with Gasteiger partial charge in [0.05, 0.1) is 19.7 Å². The number of hydrogen-bond acceptors (Lipinski definition) is 8. The lowest BCUT2D eigenvalue weighted by Crippen LogP contribution is -2.54. The van der Waals surface area contributed by atoms with Crippen LogP contribution in [0.5, 0.6) is 6.01 Å². The van der Waals surface area contributed by atoms with Gasteiger partial charge < -0.3 is 25.6 Å². The molecule has 1 aromatic heterocycles. The van der Waals surface area contributed by atoms with Gasteiger partial charge >= 0.3 is 6.01 Å². The number of benzene rings is 1. The zero-order valence-electron chi connectivity index (χ0n) is 19.5. The summed E-state index contributed by atoms with van der Waals surface area (Å²) in [7, 11) is 0. The Morgan fingerprint density at radius 3 is 2.71 bits per heavy atom. The van der Waals surface area contributed by atoms with E-state index in [4.69, 9.17) is 10.5 Å². The average Bonchev–Trinajstić information content (AvgIpc) is 3.08. The molecule has 10 nitrogen and oxygen atoms in total. The standard InChI is InChI=1S/C24H31N7O3/c1-2-3-11-34-24-27-21(25)20-22(28-24)31-10-6-9-30(14-18(31)23(33)26-20)19(32)15-29-12-16-7-4-5-8-17(16)13-29/h4-5,7-8,18H,2-3,6,9-15H2,1H3,(H,26,33)(H2,25,27,28). The highest BCUT2D eigenvalue weighted by Gasteiger charge is 2.39. The van der Waals surface area contributed by atoms with E-state index in [1.807, 2.05) is 17.0 Å². The molecule has 0 aliphatic carbocycles. The molecule has 1 aromatic carbocycles. The number of nitrogens with two attached hydrogens (primary N) is 1. The van der Waals surface area contributed by atoms with Crippen LogP contribution in [0, 0.1) is 0 Å². The van der Waals surface area contributed by atoms with Crippen LogP contribution >= 0.6 is 0 Å². The fourth-order valence-electron chi connectivity index (χ4n) is 4.85. The lowest BCUT2D eigenvalue weighted by molar-refractivity contribution is -0.133. The molecule has 3 N–H and O–H groups in total. The molecule has 1 saturated heterocycles. The van der Waals surface area contributed by atoms with E-state index in [0.29, 0.717) is 44.3 Å². The molecule has 0 bridgehead atoms. The number of nitrogen functional groups attached to an aromatic ring is 1. The Balaban J connectivity index is 1.30. The number of carbonyl (C=O) groups excluding carboxylic acids is 2. The highest BCUT2D eigenvalue weighted by molar-refractivity contribution is 6.05. The zero-order valence-corrected chi connectivity index (χ0v) is 19.5. The van der Waals surface area contributed by atoms with Crippen molar-refractivity contribution in [1.29, 1.82) is 0 Å². The van der Waals surface area contributed by atoms with E-state index in [1.165, 1.54) is 11.1 Å². The summed E-state index contributed by atoms with van der Waals surface area (Å²) >= 11 is 0. The van der Waals surface area contributed by atoms with Crippen molar-refractivity contribution in [3.63, 3.8) is 0 Å². The van der Waals surface area contributed by atoms with E-state index in [0.717, 1.165) is 32.4 Å². The second-order valence-corrected chi connectivity index (χ2v) is 9.10. The third-order valence-electron chi connectivity index (χ3n) is 6.66. The molecule has 10 heteroatoms. The van der Waals surface area contributed by atoms with Crippen molar-refractivity contribution in [2.75, 3.05) is 48.7 Å². The molecule has 34 heavy (non-hydrogen) atoms. The summed E-state index contributed by atoms with van der Waals surface area (Å²) in [5.41, 5.74) is 9.09. The summed E-state index contributed by atoms with van der Waals surface area (Å²) in [6.07, 6.45) is 2.62. The van der Waals surface area contributed by atoms with Crippen molar-refractivity contribution in [3.05, 3.63) is 35.4 Å². The SMILES string of the molecule is CCCCOc1nc(N)c2c(n1)N1CCCN(C(=O)CN3Cc4ccccc4C3)CC1C(=O)N2. The average molecular weight is 466 g/mol. The van der Waals surface area contributed by atoms with Gasteiger partial charge in [-0.05, 0) is 24.0 Å². The lowest BCUT2D eigenvalue weighted by atomic mass is 10.1. The van der Waals surface area contributed by atoms with Gasteiger partial charge in [0.15, 0.2) is 11.6 Å². The predicted molar refractivity (Wildman–Crippen MR) is 128 cm³/mol. The maximum Gasteiger partial charge on any atom is 0.320 e. The smallest absolute Gasteiger partial charge is 0.320 e. The Morgan fingerprint density at radius 1 is 1.21 bits per heavy atom. The Kier molecular flexibility index (Phi) is 6.23. The van der Waals surface area contributed by atoms with Crippen LogP contribution < -0.4 is 20.7 Å². The Bertz CT molecular complexity index is 1070. The fourth-order valence-corrected chi connectivity index (χ4v) is 4.85. The van der Waals surface area contributed by atoms with Crippen LogP contribution in [-0.2, 0) is 22.7 Å². The molecule has 4 heterocycles. The van der Waals surface area contributed by atoms with Gasteiger partial charge in [0.1, 0.15) is 11.7 Å². The minimum absolute atomic E-state index is 0.0408. The van der Waals surface area contributed by atoms with Crippen LogP contribution in [0.2, 0.25) is 0 Å². The van der Waals surface area contributed by atoms with Crippen LogP contribution in [0.25, 0.3) is 0 Å². The molecule has 3 aliphatic heterocycles. The van der Waals surface area contributed by atoms with Crippen LogP contribution in [-0.4, -0.2) is 70.4 Å². The first-order valence-corrected chi connectivity index (χ1v) is 12.0. The third kappa shape index (κ3) is 4.37. The summed E-state index contributed by atoms with van der Waals surface area (Å²) in [4.78, 5) is 40.9. The van der Waals surface area contributed by atoms with Gasteiger partial charge in [-0.1, -0.05) is 37.6 Å². The molecule has 2 aromatic rings. The molecule has 0 saturated carbocycles. The molecular formula is C24H31N7O3. The number of ether oxygens (including phenoxy) is 1. The molecular weight excluding hydrogens is 434 g/mol. The number of aromatic nitrogens is 2. The number of anilines is 3. The summed E-state index contributed by atoms with van der Waals surface area (Å²) in [5, 5.41) is 2.86. The minimum Gasteiger partial charge on any atom is -0.463 e. The molecule has 1 unspecified atom stereocenters. The molecule has 0 spiro atoms. The summed E-state index contributed by atoms with van der Waals surface area (Å²) < 4.78 is 5.68. The number of carbonyl (C=O) groups is 2. The second-order valence-electron chi connectivity index (χ2n) is 9.10. The monoisotopic (exact) mass is 465 g/mol. The van der Waals surface area contributed by atoms with Crippen molar-refractivity contribution >= 4 is 29.1 Å². The molecule has 3 aliphatic rings. The Hall–Kier alpha value is -3.40. The number of fused-ring (bicyclic) bond motifs is 4. The van der Waals surface area contributed by atoms with Gasteiger partial charge in [-0.25, -0.2) is 0 Å². The fraction of sp³-hybridized carbons (Fsp3) is 0.500. The van der Waals surface area contributed by atoms with Crippen molar-refractivity contribution in [1.82, 2.24) is 19.8 Å². The minimum atomic E-state index is -0.535. The highest BCUT2D eigenvalue weighted by atomic mass is 16.5. The van der Waals surface area contributed by atoms with Crippen LogP contribution in [0.1, 0.15) is 37.3 Å². The molecule has 1 atom stereocenters. The first-order valence-electron chi connectivity index (χ1n) is 12.0. The van der Waals surface area contributed by atoms with Crippen molar-refractivity contribution in [2.24, 2.45) is 0 Å². The Labute approximate surface area is 199 Å². The van der Waals surface area contributed by atoms with Crippen LogP contribution in [0.3, 0.4) is 0 Å². The van der Waals surface area contributed by atoms with Gasteiger partial charge in [0.25, 0.3) is 0 Å². The lowest BCUT2D eigenvalue weighted by Gasteiger charge is -2.36. The molecule has 2 amide bonds. The van der Waals surface area contributed by atoms with Crippen molar-refractivity contribution in [2.45, 2.75) is 45.3 Å². The van der Waals surface area contributed by atoms with E-state index in [2.05, 4.69) is 39.2 Å². The van der Waals surface area contributed by atoms with E-state index in [1.54, 1.807) is 4.90 Å². The number of unbranched alkanes of at least 4 members (excludes halogenated alkanes) is 1. The van der Waals surface area contributed by atoms with E-state index in [9.17, 15) is 9.59 Å². The topological polar surface area (TPSA) is 117 Å².